The molecule has 4 heteroatoms. The van der Waals surface area contributed by atoms with Gasteiger partial charge in [0, 0.05) is 33.1 Å². The monoisotopic (exact) mass is 897 g/mol. The Morgan fingerprint density at radius 2 is 0.896 bits per heavy atom. The first-order valence-electron chi connectivity index (χ1n) is 25.4. The average Bonchev–Trinajstić information content (AvgIpc) is 3.66. The van der Waals surface area contributed by atoms with Crippen LogP contribution in [-0.2, 0) is 32.5 Å². The van der Waals surface area contributed by atoms with E-state index < -0.39 is 0 Å². The highest BCUT2D eigenvalue weighted by atomic mass is 32.1. The molecule has 0 spiro atoms. The number of aryl methyl sites for hydroxylation is 1. The van der Waals surface area contributed by atoms with E-state index in [9.17, 15) is 0 Å². The Hall–Kier alpha value is -5.06. The molecule has 3 aliphatic carbocycles. The van der Waals surface area contributed by atoms with Gasteiger partial charge in [-0.15, -0.1) is 11.3 Å². The van der Waals surface area contributed by atoms with Gasteiger partial charge in [0.2, 0.25) is 0 Å². The maximum atomic E-state index is 2.72. The van der Waals surface area contributed by atoms with Crippen molar-refractivity contribution in [2.75, 3.05) is 9.80 Å². The molecular weight excluding hydrogens is 828 g/mol. The van der Waals surface area contributed by atoms with Crippen LogP contribution in [0.25, 0.3) is 21.2 Å². The van der Waals surface area contributed by atoms with Crippen LogP contribution in [0.3, 0.4) is 0 Å². The third kappa shape index (κ3) is 6.33. The van der Waals surface area contributed by atoms with Crippen LogP contribution in [0.1, 0.15) is 161 Å². The molecule has 67 heavy (non-hydrogen) atoms. The van der Waals surface area contributed by atoms with Crippen LogP contribution in [0.2, 0.25) is 0 Å². The molecule has 0 N–H and O–H groups in total. The standard InChI is InChI=1S/C63H69BN2S/c1-38-31-52-56-53(32-38)66(42-23-24-44-45(33-42)59(4,5)26-25-58(44,2)3)57-55(43-34-46-49(37-54(43)67-57)63(12,13)30-27-60(46,6)7)64(56)50-35-47-48(62(10,11)29-28-61(47,8)9)36-51(50)65(52)41-21-19-40(20-22-41)39-17-15-14-16-18-39/h14-24,31-37H,25-30H2,1-13H3. The number of fused-ring (bicyclic) bond motifs is 9. The van der Waals surface area contributed by atoms with Gasteiger partial charge in [-0.05, 0) is 204 Å². The molecular formula is C63H69BN2S. The predicted octanol–water partition coefficient (Wildman–Crippen LogP) is 16.0. The highest BCUT2D eigenvalue weighted by Gasteiger charge is 2.49. The van der Waals surface area contributed by atoms with Gasteiger partial charge in [-0.2, -0.15) is 0 Å². The van der Waals surface area contributed by atoms with E-state index >= 15 is 0 Å². The lowest BCUT2D eigenvalue weighted by Crippen LogP contribution is -2.61. The Morgan fingerprint density at radius 3 is 1.49 bits per heavy atom. The first kappa shape index (κ1) is 43.2. The smallest absolute Gasteiger partial charge is 0.254 e. The minimum absolute atomic E-state index is 0.0661. The van der Waals surface area contributed by atoms with Gasteiger partial charge in [-0.25, -0.2) is 0 Å². The number of rotatable bonds is 3. The summed E-state index contributed by atoms with van der Waals surface area (Å²) in [6.45, 7) is 32.2. The average molecular weight is 897 g/mol. The van der Waals surface area contributed by atoms with Gasteiger partial charge >= 0.3 is 0 Å². The molecule has 0 saturated heterocycles. The van der Waals surface area contributed by atoms with Crippen molar-refractivity contribution in [3.05, 3.63) is 148 Å². The summed E-state index contributed by atoms with van der Waals surface area (Å²) in [5.41, 5.74) is 24.3. The van der Waals surface area contributed by atoms with Crippen LogP contribution in [0, 0.1) is 6.92 Å². The van der Waals surface area contributed by atoms with Crippen molar-refractivity contribution in [3.8, 4) is 11.1 Å². The molecule has 3 heterocycles. The molecule has 0 saturated carbocycles. The van der Waals surface area contributed by atoms with E-state index in [2.05, 4.69) is 209 Å². The van der Waals surface area contributed by atoms with E-state index in [0.717, 1.165) is 0 Å². The molecule has 0 bridgehead atoms. The number of benzene rings is 6. The maximum Gasteiger partial charge on any atom is 0.254 e. The predicted molar refractivity (Wildman–Crippen MR) is 292 cm³/mol. The molecule has 0 radical (unpaired) electrons. The molecule has 7 aromatic rings. The Bertz CT molecular complexity index is 3210. The van der Waals surface area contributed by atoms with Crippen molar-refractivity contribution >= 4 is 78.0 Å². The van der Waals surface area contributed by atoms with Crippen molar-refractivity contribution < 1.29 is 0 Å². The number of nitrogens with zero attached hydrogens (tertiary/aromatic N) is 2. The zero-order valence-corrected chi connectivity index (χ0v) is 43.3. The van der Waals surface area contributed by atoms with Gasteiger partial charge in [0.15, 0.2) is 0 Å². The zero-order chi connectivity index (χ0) is 47.0. The molecule has 0 unspecified atom stereocenters. The van der Waals surface area contributed by atoms with E-state index in [1.807, 2.05) is 11.3 Å². The van der Waals surface area contributed by atoms with Crippen molar-refractivity contribution in [1.29, 1.82) is 0 Å². The molecule has 6 aromatic carbocycles. The number of anilines is 6. The topological polar surface area (TPSA) is 6.48 Å². The highest BCUT2D eigenvalue weighted by Crippen LogP contribution is 2.55. The normalized spacial score (nSPS) is 20.6. The molecule has 0 atom stereocenters. The summed E-state index contributed by atoms with van der Waals surface area (Å²) in [6, 6.07) is 43.6. The van der Waals surface area contributed by atoms with Crippen LogP contribution in [0.5, 0.6) is 0 Å². The third-order valence-corrected chi connectivity index (χ3v) is 19.3. The lowest BCUT2D eigenvalue weighted by Gasteiger charge is -2.47. The van der Waals surface area contributed by atoms with Gasteiger partial charge in [0.1, 0.15) is 0 Å². The Morgan fingerprint density at radius 1 is 0.418 bits per heavy atom. The second kappa shape index (κ2) is 14.0. The summed E-state index contributed by atoms with van der Waals surface area (Å²) in [5.74, 6) is 0. The Balaban J connectivity index is 1.20. The summed E-state index contributed by atoms with van der Waals surface area (Å²) in [5, 5.41) is 2.83. The number of hydrogen-bond donors (Lipinski definition) is 0. The van der Waals surface area contributed by atoms with Crippen molar-refractivity contribution in [2.45, 2.75) is 161 Å². The van der Waals surface area contributed by atoms with Gasteiger partial charge in [0.05, 0.1) is 5.00 Å². The molecule has 12 rings (SSSR count). The van der Waals surface area contributed by atoms with Crippen molar-refractivity contribution in [1.82, 2.24) is 0 Å². The molecule has 340 valence electrons. The Kier molecular flexibility index (Phi) is 9.05. The second-order valence-electron chi connectivity index (χ2n) is 25.4. The minimum Gasteiger partial charge on any atom is -0.311 e. The summed E-state index contributed by atoms with van der Waals surface area (Å²) in [7, 11) is 0. The van der Waals surface area contributed by atoms with E-state index in [1.54, 1.807) is 11.1 Å². The molecule has 5 aliphatic rings. The first-order valence-corrected chi connectivity index (χ1v) is 26.2. The zero-order valence-electron chi connectivity index (χ0n) is 42.5. The fourth-order valence-electron chi connectivity index (χ4n) is 13.5. The number of thiophene rings is 1. The summed E-state index contributed by atoms with van der Waals surface area (Å²) >= 11 is 2.04. The van der Waals surface area contributed by atoms with Crippen LogP contribution >= 0.6 is 11.3 Å². The van der Waals surface area contributed by atoms with Gasteiger partial charge < -0.3 is 9.80 Å². The lowest BCUT2D eigenvalue weighted by molar-refractivity contribution is 0.332. The van der Waals surface area contributed by atoms with Crippen LogP contribution in [-0.4, -0.2) is 6.71 Å². The summed E-state index contributed by atoms with van der Waals surface area (Å²) in [6.07, 6.45) is 7.18. The first-order chi connectivity index (χ1) is 31.6. The SMILES string of the molecule is Cc1cc2c3c(c1)N(c1ccc4c(c1)C(C)(C)CCC4(C)C)c1sc4cc5c(cc4c1B3c1cc3c(cc1N2c1ccc(-c2ccccc2)cc1)C(C)(C)CCC3(C)C)C(C)(C)CCC5(C)C. The maximum absolute atomic E-state index is 2.72. The van der Waals surface area contributed by atoms with E-state index in [4.69, 9.17) is 0 Å². The molecule has 2 nitrogen and oxygen atoms in total. The molecule has 2 aliphatic heterocycles. The highest BCUT2D eigenvalue weighted by molar-refractivity contribution is 7.26. The van der Waals surface area contributed by atoms with E-state index in [-0.39, 0.29) is 39.2 Å². The van der Waals surface area contributed by atoms with Crippen LogP contribution in [0.4, 0.5) is 33.4 Å². The van der Waals surface area contributed by atoms with Crippen molar-refractivity contribution in [3.63, 3.8) is 0 Å². The quantitative estimate of drug-likeness (QED) is 0.163. The van der Waals surface area contributed by atoms with Gasteiger partial charge in [-0.3, -0.25) is 0 Å². The third-order valence-electron chi connectivity index (χ3n) is 18.1. The second-order valence-corrected chi connectivity index (χ2v) is 26.5. The summed E-state index contributed by atoms with van der Waals surface area (Å²) < 4.78 is 1.42. The largest absolute Gasteiger partial charge is 0.311 e. The van der Waals surface area contributed by atoms with Crippen LogP contribution < -0.4 is 26.2 Å². The Labute approximate surface area is 405 Å². The van der Waals surface area contributed by atoms with Gasteiger partial charge in [-0.1, -0.05) is 138 Å². The molecule has 1 aromatic heterocycles. The van der Waals surface area contributed by atoms with E-state index in [0.29, 0.717) is 0 Å². The fraction of sp³-hybridized carbons (Fsp3) is 0.397. The summed E-state index contributed by atoms with van der Waals surface area (Å²) in [4.78, 5) is 5.39. The molecule has 0 fully saturated rings. The fourth-order valence-corrected chi connectivity index (χ4v) is 14.8. The van der Waals surface area contributed by atoms with E-state index in [1.165, 1.54) is 137 Å². The van der Waals surface area contributed by atoms with Gasteiger partial charge in [0.25, 0.3) is 6.71 Å². The lowest BCUT2D eigenvalue weighted by atomic mass is 9.33. The number of hydrogen-bond acceptors (Lipinski definition) is 3. The van der Waals surface area contributed by atoms with Crippen LogP contribution in [0.15, 0.2) is 109 Å². The van der Waals surface area contributed by atoms with Crippen molar-refractivity contribution in [2.24, 2.45) is 0 Å². The molecule has 0 amide bonds. The minimum atomic E-state index is 0.0661.